The number of aromatic nitrogens is 2. The van der Waals surface area contributed by atoms with Gasteiger partial charge in [0.1, 0.15) is 16.3 Å². The molecule has 0 fully saturated rings. The number of carbonyl (C=O) groups excluding carboxylic acids is 2. The maximum absolute atomic E-state index is 13.0. The minimum Gasteiger partial charge on any atom is -0.494 e. The number of rotatable bonds is 11. The molecule has 0 unspecified atom stereocenters. The number of amides is 2. The molecule has 0 aliphatic carbocycles. The van der Waals surface area contributed by atoms with Crippen LogP contribution in [0, 0.1) is 13.8 Å². The van der Waals surface area contributed by atoms with Crippen LogP contribution in [0.1, 0.15) is 43.3 Å². The number of carbonyl (C=O) groups is 2. The van der Waals surface area contributed by atoms with E-state index in [-0.39, 0.29) is 12.2 Å². The number of fused-ring (bicyclic) bond motifs is 1. The van der Waals surface area contributed by atoms with Crippen molar-refractivity contribution < 1.29 is 22.7 Å². The number of benzene rings is 2. The van der Waals surface area contributed by atoms with Crippen LogP contribution < -0.4 is 14.8 Å². The number of aryl methyl sites for hydroxylation is 3. The molecule has 0 spiro atoms. The van der Waals surface area contributed by atoms with Gasteiger partial charge in [-0.1, -0.05) is 29.8 Å². The van der Waals surface area contributed by atoms with Crippen molar-refractivity contribution in [1.82, 2.24) is 20.0 Å². The van der Waals surface area contributed by atoms with Crippen LogP contribution in [-0.2, 0) is 16.4 Å². The third kappa shape index (κ3) is 6.72. The van der Waals surface area contributed by atoms with Gasteiger partial charge in [-0.05, 0) is 61.6 Å². The lowest BCUT2D eigenvalue weighted by Crippen LogP contribution is -2.37. The molecule has 12 heteroatoms. The normalized spacial score (nSPS) is 11.4. The Balaban J connectivity index is 1.40. The van der Waals surface area contributed by atoms with E-state index in [1.54, 1.807) is 0 Å². The second-order valence-corrected chi connectivity index (χ2v) is 11.8. The molecule has 0 atom stereocenters. The largest absolute Gasteiger partial charge is 0.494 e. The lowest BCUT2D eigenvalue weighted by molar-refractivity contribution is 0.0958. The fourth-order valence-electron chi connectivity index (χ4n) is 4.04. The van der Waals surface area contributed by atoms with Gasteiger partial charge >= 0.3 is 0 Å². The molecule has 4 rings (SSSR count). The molecule has 0 saturated heterocycles. The molecule has 3 N–H and O–H groups in total. The van der Waals surface area contributed by atoms with Gasteiger partial charge in [0, 0.05) is 22.5 Å². The molecule has 38 heavy (non-hydrogen) atoms. The van der Waals surface area contributed by atoms with Crippen molar-refractivity contribution in [1.29, 1.82) is 0 Å². The van der Waals surface area contributed by atoms with Gasteiger partial charge in [-0.15, -0.1) is 11.3 Å². The Bertz CT molecular complexity index is 1540. The van der Waals surface area contributed by atoms with Gasteiger partial charge < -0.3 is 15.0 Å². The summed E-state index contributed by atoms with van der Waals surface area (Å²) in [4.78, 5) is 32.3. The molecular weight excluding hydrogens is 548 g/mol. The van der Waals surface area contributed by atoms with Gasteiger partial charge in [0.05, 0.1) is 24.1 Å². The standard InChI is InChI=1S/C26H27ClN4O5S2/c1-16-12-18(13-17(2)23(16)27)36-10-5-7-20-19-6-3-4-8-21(19)30-24(20)26(33)31-38(34,35)11-9-29-25(32)22-14-28-15-37-22/h3-4,6,8,12-15,30H,5,7,9-11H2,1-2H3,(H,29,32)(H,31,33). The average molecular weight is 575 g/mol. The number of H-pyrrole nitrogens is 1. The minimum absolute atomic E-state index is 0.153. The van der Waals surface area contributed by atoms with Crippen molar-refractivity contribution in [2.75, 3.05) is 18.9 Å². The maximum atomic E-state index is 13.0. The summed E-state index contributed by atoms with van der Waals surface area (Å²) < 4.78 is 33.2. The smallest absolute Gasteiger partial charge is 0.281 e. The van der Waals surface area contributed by atoms with Crippen molar-refractivity contribution >= 4 is 55.7 Å². The van der Waals surface area contributed by atoms with Gasteiger partial charge in [0.2, 0.25) is 10.0 Å². The quantitative estimate of drug-likeness (QED) is 0.228. The highest BCUT2D eigenvalue weighted by molar-refractivity contribution is 7.90. The number of aromatic amines is 1. The zero-order valence-corrected chi connectivity index (χ0v) is 23.2. The van der Waals surface area contributed by atoms with Crippen LogP contribution in [0.25, 0.3) is 10.9 Å². The number of sulfonamides is 1. The summed E-state index contributed by atoms with van der Waals surface area (Å²) in [6, 6.07) is 11.2. The maximum Gasteiger partial charge on any atom is 0.281 e. The van der Waals surface area contributed by atoms with Crippen LogP contribution in [0.4, 0.5) is 0 Å². The molecule has 2 aromatic heterocycles. The van der Waals surface area contributed by atoms with E-state index in [0.29, 0.717) is 34.9 Å². The second kappa shape index (κ2) is 12.0. The Morgan fingerprint density at radius 2 is 1.87 bits per heavy atom. The van der Waals surface area contributed by atoms with E-state index < -0.39 is 27.6 Å². The Labute approximate surface area is 229 Å². The molecule has 4 aromatic rings. The van der Waals surface area contributed by atoms with Crippen LogP contribution in [0.2, 0.25) is 5.02 Å². The number of nitrogens with zero attached hydrogens (tertiary/aromatic N) is 1. The molecule has 0 aliphatic heterocycles. The van der Waals surface area contributed by atoms with Crippen molar-refractivity contribution in [3.05, 3.63) is 80.4 Å². The number of halogens is 1. The predicted octanol–water partition coefficient (Wildman–Crippen LogP) is 4.40. The highest BCUT2D eigenvalue weighted by Gasteiger charge is 2.22. The van der Waals surface area contributed by atoms with E-state index in [4.69, 9.17) is 16.3 Å². The fourth-order valence-corrected chi connectivity index (χ4v) is 5.54. The van der Waals surface area contributed by atoms with Crippen LogP contribution >= 0.6 is 22.9 Å². The number of ether oxygens (including phenoxy) is 1. The van der Waals surface area contributed by atoms with E-state index in [1.165, 1.54) is 11.7 Å². The summed E-state index contributed by atoms with van der Waals surface area (Å²) in [5.74, 6) is -0.908. The van der Waals surface area contributed by atoms with Crippen LogP contribution in [0.5, 0.6) is 5.75 Å². The van der Waals surface area contributed by atoms with Crippen LogP contribution in [0.15, 0.2) is 48.1 Å². The topological polar surface area (TPSA) is 130 Å². The first kappa shape index (κ1) is 27.6. The predicted molar refractivity (Wildman–Crippen MR) is 149 cm³/mol. The summed E-state index contributed by atoms with van der Waals surface area (Å²) in [5.41, 5.74) is 4.99. The van der Waals surface area contributed by atoms with Crippen LogP contribution in [-0.4, -0.2) is 49.1 Å². The Kier molecular flexibility index (Phi) is 8.70. The fraction of sp³-hybridized carbons (Fsp3) is 0.269. The van der Waals surface area contributed by atoms with Gasteiger partial charge in [-0.25, -0.2) is 13.1 Å². The Morgan fingerprint density at radius 3 is 2.58 bits per heavy atom. The summed E-state index contributed by atoms with van der Waals surface area (Å²) in [6.07, 6.45) is 2.48. The van der Waals surface area contributed by atoms with E-state index in [0.717, 1.165) is 39.1 Å². The number of hydrogen-bond acceptors (Lipinski definition) is 7. The number of para-hydroxylation sites is 1. The number of hydrogen-bond donors (Lipinski definition) is 3. The Morgan fingerprint density at radius 1 is 1.13 bits per heavy atom. The van der Waals surface area contributed by atoms with E-state index in [9.17, 15) is 18.0 Å². The molecule has 0 saturated carbocycles. The first-order valence-electron chi connectivity index (χ1n) is 11.9. The van der Waals surface area contributed by atoms with Gasteiger partial charge in [-0.2, -0.15) is 0 Å². The number of thiazole rings is 1. The van der Waals surface area contributed by atoms with E-state index in [2.05, 4.69) is 20.0 Å². The van der Waals surface area contributed by atoms with Gasteiger partial charge in [0.25, 0.3) is 11.8 Å². The van der Waals surface area contributed by atoms with Gasteiger partial charge in [0.15, 0.2) is 0 Å². The zero-order valence-electron chi connectivity index (χ0n) is 20.8. The summed E-state index contributed by atoms with van der Waals surface area (Å²) in [5, 5.41) is 4.07. The SMILES string of the molecule is Cc1cc(OCCCc2c(C(=O)NS(=O)(=O)CCNC(=O)c3cncs3)[nH]c3ccccc23)cc(C)c1Cl. The molecule has 0 bridgehead atoms. The molecule has 200 valence electrons. The summed E-state index contributed by atoms with van der Waals surface area (Å²) >= 11 is 7.38. The van der Waals surface area contributed by atoms with Crippen molar-refractivity contribution in [3.8, 4) is 5.75 Å². The van der Waals surface area contributed by atoms with Gasteiger partial charge in [-0.3, -0.25) is 14.6 Å². The highest BCUT2D eigenvalue weighted by Crippen LogP contribution is 2.27. The second-order valence-electron chi connectivity index (χ2n) is 8.72. The number of nitrogens with one attached hydrogen (secondary N) is 3. The molecule has 0 radical (unpaired) electrons. The van der Waals surface area contributed by atoms with E-state index in [1.807, 2.05) is 50.2 Å². The monoisotopic (exact) mass is 574 g/mol. The lowest BCUT2D eigenvalue weighted by Gasteiger charge is -2.11. The molecule has 2 heterocycles. The minimum atomic E-state index is -4.00. The lowest BCUT2D eigenvalue weighted by atomic mass is 10.1. The van der Waals surface area contributed by atoms with Crippen molar-refractivity contribution in [3.63, 3.8) is 0 Å². The third-order valence-electron chi connectivity index (χ3n) is 5.85. The third-order valence-corrected chi connectivity index (χ3v) is 8.46. The first-order valence-corrected chi connectivity index (χ1v) is 14.8. The molecule has 2 aromatic carbocycles. The zero-order chi connectivity index (χ0) is 27.3. The van der Waals surface area contributed by atoms with Crippen molar-refractivity contribution in [2.45, 2.75) is 26.7 Å². The molecule has 2 amide bonds. The molecule has 0 aliphatic rings. The average Bonchev–Trinajstić information content (AvgIpc) is 3.53. The van der Waals surface area contributed by atoms with E-state index >= 15 is 0 Å². The molecular formula is C26H27ClN4O5S2. The molecule has 9 nitrogen and oxygen atoms in total. The van der Waals surface area contributed by atoms with Crippen molar-refractivity contribution in [2.24, 2.45) is 0 Å². The van der Waals surface area contributed by atoms with Crippen LogP contribution in [0.3, 0.4) is 0 Å². The Hall–Kier alpha value is -3.41. The summed E-state index contributed by atoms with van der Waals surface area (Å²) in [7, 11) is -4.00. The highest BCUT2D eigenvalue weighted by atomic mass is 35.5. The summed E-state index contributed by atoms with van der Waals surface area (Å²) in [6.45, 7) is 4.09. The first-order chi connectivity index (χ1) is 18.1.